The van der Waals surface area contributed by atoms with Crippen LogP contribution in [0, 0.1) is 11.6 Å². The normalized spacial score (nSPS) is 17.6. The van der Waals surface area contributed by atoms with Gasteiger partial charge in [0.1, 0.15) is 6.10 Å². The largest absolute Gasteiger partial charge is 0.370 e. The highest BCUT2D eigenvalue weighted by atomic mass is 19.2. The molecule has 0 saturated carbocycles. The molecule has 2 amide bonds. The van der Waals surface area contributed by atoms with Crippen LogP contribution in [0.2, 0.25) is 0 Å². The molecule has 1 aromatic carbocycles. The van der Waals surface area contributed by atoms with Crippen molar-refractivity contribution in [1.29, 1.82) is 0 Å². The maximum absolute atomic E-state index is 13.4. The Labute approximate surface area is 144 Å². The lowest BCUT2D eigenvalue weighted by atomic mass is 10.1. The van der Waals surface area contributed by atoms with E-state index in [4.69, 9.17) is 4.74 Å². The van der Waals surface area contributed by atoms with Gasteiger partial charge in [0.25, 0.3) is 0 Å². The molecule has 0 radical (unpaired) electrons. The molecule has 1 atom stereocenters. The van der Waals surface area contributed by atoms with Crippen LogP contribution < -0.4 is 5.32 Å². The lowest BCUT2D eigenvalue weighted by Gasteiger charge is -2.33. The van der Waals surface area contributed by atoms with Gasteiger partial charge in [0.15, 0.2) is 11.6 Å². The molecule has 1 aliphatic rings. The van der Waals surface area contributed by atoms with Gasteiger partial charge in [-0.1, -0.05) is 6.07 Å². The Morgan fingerprint density at radius 3 is 2.96 bits per heavy atom. The molecule has 0 unspecified atom stereocenters. The molecule has 2 heterocycles. The summed E-state index contributed by atoms with van der Waals surface area (Å²) in [7, 11) is 1.84. The number of aromatic nitrogens is 2. The highest BCUT2D eigenvalue weighted by molar-refractivity contribution is 5.74. The van der Waals surface area contributed by atoms with Gasteiger partial charge in [0.05, 0.1) is 19.3 Å². The number of rotatable bonds is 4. The van der Waals surface area contributed by atoms with Crippen molar-refractivity contribution in [3.05, 3.63) is 53.4 Å². The van der Waals surface area contributed by atoms with Gasteiger partial charge in [0.2, 0.25) is 0 Å². The molecule has 0 aliphatic carbocycles. The number of hydrogen-bond acceptors (Lipinski definition) is 3. The minimum atomic E-state index is -0.917. The predicted molar refractivity (Wildman–Crippen MR) is 86.9 cm³/mol. The lowest BCUT2D eigenvalue weighted by molar-refractivity contribution is -0.0155. The van der Waals surface area contributed by atoms with Crippen molar-refractivity contribution in [2.75, 3.05) is 26.2 Å². The van der Waals surface area contributed by atoms with Crippen LogP contribution in [0.4, 0.5) is 13.6 Å². The molecule has 1 saturated heterocycles. The van der Waals surface area contributed by atoms with E-state index in [0.29, 0.717) is 38.2 Å². The Balaban J connectivity index is 1.53. The minimum absolute atomic E-state index is 0.195. The quantitative estimate of drug-likeness (QED) is 0.918. The monoisotopic (exact) mass is 350 g/mol. The molecule has 8 heteroatoms. The number of benzene rings is 1. The SMILES string of the molecule is Cn1cc(CCNC(=O)N2CCO[C@@H](c3ccc(F)c(F)c3)C2)cn1. The summed E-state index contributed by atoms with van der Waals surface area (Å²) in [6.07, 6.45) is 3.89. The number of nitrogens with zero attached hydrogens (tertiary/aromatic N) is 3. The summed E-state index contributed by atoms with van der Waals surface area (Å²) >= 11 is 0. The molecule has 0 bridgehead atoms. The summed E-state index contributed by atoms with van der Waals surface area (Å²) in [6, 6.07) is 3.47. The van der Waals surface area contributed by atoms with Gasteiger partial charge in [-0.05, 0) is 29.7 Å². The van der Waals surface area contributed by atoms with E-state index in [1.807, 2.05) is 13.2 Å². The van der Waals surface area contributed by atoms with Crippen LogP contribution in [0.1, 0.15) is 17.2 Å². The van der Waals surface area contributed by atoms with Crippen LogP contribution in [-0.4, -0.2) is 47.0 Å². The molecule has 1 aliphatic heterocycles. The molecular weight excluding hydrogens is 330 g/mol. The highest BCUT2D eigenvalue weighted by Gasteiger charge is 2.25. The summed E-state index contributed by atoms with van der Waals surface area (Å²) in [5.74, 6) is -1.82. The second-order valence-electron chi connectivity index (χ2n) is 5.98. The van der Waals surface area contributed by atoms with Crippen LogP contribution in [0.5, 0.6) is 0 Å². The van der Waals surface area contributed by atoms with Crippen molar-refractivity contribution in [2.45, 2.75) is 12.5 Å². The molecule has 2 aromatic rings. The number of morpholine rings is 1. The number of urea groups is 1. The van der Waals surface area contributed by atoms with Crippen molar-refractivity contribution in [2.24, 2.45) is 7.05 Å². The number of nitrogens with one attached hydrogen (secondary N) is 1. The van der Waals surface area contributed by atoms with E-state index < -0.39 is 17.7 Å². The molecule has 1 fully saturated rings. The summed E-state index contributed by atoms with van der Waals surface area (Å²) in [6.45, 7) is 1.60. The summed E-state index contributed by atoms with van der Waals surface area (Å²) < 4.78 is 33.8. The molecule has 1 N–H and O–H groups in total. The van der Waals surface area contributed by atoms with Crippen molar-refractivity contribution >= 4 is 6.03 Å². The predicted octanol–water partition coefficient (Wildman–Crippen LogP) is 2.02. The van der Waals surface area contributed by atoms with E-state index in [-0.39, 0.29) is 6.03 Å². The van der Waals surface area contributed by atoms with Crippen LogP contribution in [0.25, 0.3) is 0 Å². The van der Waals surface area contributed by atoms with Gasteiger partial charge < -0.3 is 15.0 Å². The highest BCUT2D eigenvalue weighted by Crippen LogP contribution is 2.23. The Kier molecular flexibility index (Phi) is 5.28. The van der Waals surface area contributed by atoms with Crippen molar-refractivity contribution in [3.8, 4) is 0 Å². The first-order chi connectivity index (χ1) is 12.0. The number of aryl methyl sites for hydroxylation is 1. The fourth-order valence-electron chi connectivity index (χ4n) is 2.77. The number of carbonyl (C=O) groups excluding carboxylic acids is 1. The topological polar surface area (TPSA) is 59.4 Å². The van der Waals surface area contributed by atoms with E-state index in [2.05, 4.69) is 10.4 Å². The van der Waals surface area contributed by atoms with E-state index in [0.717, 1.165) is 17.7 Å². The third-order valence-corrected chi connectivity index (χ3v) is 4.12. The Morgan fingerprint density at radius 2 is 2.24 bits per heavy atom. The number of hydrogen-bond donors (Lipinski definition) is 1. The standard InChI is InChI=1S/C17H20F2N4O2/c1-22-10-12(9-21-22)4-5-20-17(24)23-6-7-25-16(11-23)13-2-3-14(18)15(19)8-13/h2-3,8-10,16H,4-7,11H2,1H3,(H,20,24)/t16-/m1/s1. The first-order valence-electron chi connectivity index (χ1n) is 8.10. The second-order valence-corrected chi connectivity index (χ2v) is 5.98. The fourth-order valence-corrected chi connectivity index (χ4v) is 2.77. The summed E-state index contributed by atoms with van der Waals surface area (Å²) in [5.41, 5.74) is 1.57. The van der Waals surface area contributed by atoms with Crippen LogP contribution >= 0.6 is 0 Å². The first-order valence-corrected chi connectivity index (χ1v) is 8.10. The van der Waals surface area contributed by atoms with Gasteiger partial charge in [-0.3, -0.25) is 4.68 Å². The molecule has 6 nitrogen and oxygen atoms in total. The number of ether oxygens (including phenoxy) is 1. The van der Waals surface area contributed by atoms with E-state index in [9.17, 15) is 13.6 Å². The third-order valence-electron chi connectivity index (χ3n) is 4.12. The molecule has 1 aromatic heterocycles. The van der Waals surface area contributed by atoms with Crippen molar-refractivity contribution in [1.82, 2.24) is 20.0 Å². The zero-order valence-corrected chi connectivity index (χ0v) is 13.9. The maximum atomic E-state index is 13.4. The van der Waals surface area contributed by atoms with E-state index in [1.54, 1.807) is 15.8 Å². The Bertz CT molecular complexity index is 750. The van der Waals surface area contributed by atoms with Crippen LogP contribution in [0.3, 0.4) is 0 Å². The molecule has 3 rings (SSSR count). The third kappa shape index (κ3) is 4.33. The average molecular weight is 350 g/mol. The number of carbonyl (C=O) groups is 1. The van der Waals surface area contributed by atoms with Gasteiger partial charge in [-0.25, -0.2) is 13.6 Å². The maximum Gasteiger partial charge on any atom is 0.317 e. The zero-order chi connectivity index (χ0) is 17.8. The molecule has 134 valence electrons. The van der Waals surface area contributed by atoms with Crippen LogP contribution in [-0.2, 0) is 18.2 Å². The number of halogens is 2. The van der Waals surface area contributed by atoms with Crippen molar-refractivity contribution < 1.29 is 18.3 Å². The Morgan fingerprint density at radius 1 is 1.40 bits per heavy atom. The fraction of sp³-hybridized carbons (Fsp3) is 0.412. The first kappa shape index (κ1) is 17.3. The Hall–Kier alpha value is -2.48. The summed E-state index contributed by atoms with van der Waals surface area (Å²) in [4.78, 5) is 13.9. The van der Waals surface area contributed by atoms with Gasteiger partial charge in [0, 0.05) is 26.3 Å². The van der Waals surface area contributed by atoms with Gasteiger partial charge >= 0.3 is 6.03 Å². The smallest absolute Gasteiger partial charge is 0.317 e. The summed E-state index contributed by atoms with van der Waals surface area (Å²) in [5, 5.41) is 6.94. The second kappa shape index (κ2) is 7.60. The van der Waals surface area contributed by atoms with Crippen molar-refractivity contribution in [3.63, 3.8) is 0 Å². The molecule has 25 heavy (non-hydrogen) atoms. The zero-order valence-electron chi connectivity index (χ0n) is 13.9. The minimum Gasteiger partial charge on any atom is -0.370 e. The lowest BCUT2D eigenvalue weighted by Crippen LogP contribution is -2.47. The van der Waals surface area contributed by atoms with E-state index in [1.165, 1.54) is 6.07 Å². The van der Waals surface area contributed by atoms with E-state index >= 15 is 0 Å². The average Bonchev–Trinajstić information content (AvgIpc) is 3.02. The molecular formula is C17H20F2N4O2. The van der Waals surface area contributed by atoms with Gasteiger partial charge in [-0.15, -0.1) is 0 Å². The van der Waals surface area contributed by atoms with Gasteiger partial charge in [-0.2, -0.15) is 5.10 Å². The van der Waals surface area contributed by atoms with Crippen LogP contribution in [0.15, 0.2) is 30.6 Å². The number of amides is 2. The molecule has 0 spiro atoms.